The number of carbonyl (C=O) groups is 1. The molecule has 2 aromatic rings. The third-order valence-electron chi connectivity index (χ3n) is 4.42. The van der Waals surface area contributed by atoms with Crippen LogP contribution in [0.15, 0.2) is 42.5 Å². The number of carbonyl (C=O) groups excluding carboxylic acids is 1. The molecule has 1 heterocycles. The van der Waals surface area contributed by atoms with E-state index in [1.54, 1.807) is 0 Å². The molecular formula is C21H26N2O3. The topological polar surface area (TPSA) is 59.6 Å². The lowest BCUT2D eigenvalue weighted by atomic mass is 10.1. The second-order valence-electron chi connectivity index (χ2n) is 6.69. The van der Waals surface area contributed by atoms with Gasteiger partial charge in [-0.15, -0.1) is 0 Å². The van der Waals surface area contributed by atoms with Gasteiger partial charge in [0, 0.05) is 18.0 Å². The summed E-state index contributed by atoms with van der Waals surface area (Å²) in [6.07, 6.45) is 2.39. The van der Waals surface area contributed by atoms with Crippen molar-refractivity contribution >= 4 is 17.3 Å². The molecule has 5 heteroatoms. The molecule has 1 aliphatic rings. The molecule has 1 saturated heterocycles. The van der Waals surface area contributed by atoms with Crippen LogP contribution < -0.4 is 15.4 Å². The molecule has 5 nitrogen and oxygen atoms in total. The van der Waals surface area contributed by atoms with Crippen molar-refractivity contribution in [1.29, 1.82) is 0 Å². The SMILES string of the molecule is Cc1ccc(NC(=O)CNc2ccc(OCC3CCCO3)cc2)c(C)c1. The van der Waals surface area contributed by atoms with Crippen LogP contribution in [0.3, 0.4) is 0 Å². The van der Waals surface area contributed by atoms with E-state index in [-0.39, 0.29) is 18.6 Å². The van der Waals surface area contributed by atoms with Gasteiger partial charge in [-0.1, -0.05) is 17.7 Å². The Balaban J connectivity index is 1.44. The first-order valence-electron chi connectivity index (χ1n) is 9.05. The van der Waals surface area contributed by atoms with E-state index in [2.05, 4.69) is 16.7 Å². The molecule has 1 atom stereocenters. The van der Waals surface area contributed by atoms with Gasteiger partial charge in [0.15, 0.2) is 0 Å². The highest BCUT2D eigenvalue weighted by Gasteiger charge is 2.15. The normalized spacial score (nSPS) is 16.3. The maximum absolute atomic E-state index is 12.1. The first kappa shape index (κ1) is 18.3. The quantitative estimate of drug-likeness (QED) is 0.791. The Labute approximate surface area is 154 Å². The minimum Gasteiger partial charge on any atom is -0.491 e. The number of nitrogens with one attached hydrogen (secondary N) is 2. The molecule has 0 aliphatic carbocycles. The average molecular weight is 354 g/mol. The summed E-state index contributed by atoms with van der Waals surface area (Å²) in [5, 5.41) is 6.06. The molecule has 0 radical (unpaired) electrons. The van der Waals surface area contributed by atoms with Crippen molar-refractivity contribution in [3.8, 4) is 5.75 Å². The highest BCUT2D eigenvalue weighted by Crippen LogP contribution is 2.19. The molecule has 2 aromatic carbocycles. The van der Waals surface area contributed by atoms with Gasteiger partial charge in [-0.25, -0.2) is 0 Å². The van der Waals surface area contributed by atoms with Crippen molar-refractivity contribution in [1.82, 2.24) is 0 Å². The molecule has 1 fully saturated rings. The Hall–Kier alpha value is -2.53. The second kappa shape index (κ2) is 8.72. The van der Waals surface area contributed by atoms with Crippen LogP contribution in [0.4, 0.5) is 11.4 Å². The maximum Gasteiger partial charge on any atom is 0.243 e. The van der Waals surface area contributed by atoms with Gasteiger partial charge in [-0.3, -0.25) is 4.79 Å². The number of anilines is 2. The monoisotopic (exact) mass is 354 g/mol. The summed E-state index contributed by atoms with van der Waals surface area (Å²) in [6, 6.07) is 13.6. The van der Waals surface area contributed by atoms with Crippen LogP contribution in [-0.2, 0) is 9.53 Å². The largest absolute Gasteiger partial charge is 0.491 e. The molecule has 0 aromatic heterocycles. The Morgan fingerprint density at radius 2 is 2.00 bits per heavy atom. The third-order valence-corrected chi connectivity index (χ3v) is 4.42. The molecule has 138 valence electrons. The van der Waals surface area contributed by atoms with Crippen LogP contribution in [0.5, 0.6) is 5.75 Å². The zero-order chi connectivity index (χ0) is 18.4. The van der Waals surface area contributed by atoms with Gasteiger partial charge >= 0.3 is 0 Å². The standard InChI is InChI=1S/C21H26N2O3/c1-15-5-10-20(16(2)12-15)23-21(24)13-22-17-6-8-18(9-7-17)26-14-19-4-3-11-25-19/h5-10,12,19,22H,3-4,11,13-14H2,1-2H3,(H,23,24). The number of hydrogen-bond donors (Lipinski definition) is 2. The van der Waals surface area contributed by atoms with Crippen LogP contribution in [-0.4, -0.2) is 31.8 Å². The molecule has 1 unspecified atom stereocenters. The predicted octanol–water partition coefficient (Wildman–Crippen LogP) is 3.91. The Bertz CT molecular complexity index is 737. The van der Waals surface area contributed by atoms with Gasteiger partial charge < -0.3 is 20.1 Å². The van der Waals surface area contributed by atoms with E-state index in [0.29, 0.717) is 6.61 Å². The number of ether oxygens (including phenoxy) is 2. The van der Waals surface area contributed by atoms with Gasteiger partial charge in [0.1, 0.15) is 12.4 Å². The average Bonchev–Trinajstić information content (AvgIpc) is 3.15. The molecule has 2 N–H and O–H groups in total. The van der Waals surface area contributed by atoms with E-state index in [0.717, 1.165) is 42.1 Å². The van der Waals surface area contributed by atoms with E-state index >= 15 is 0 Å². The maximum atomic E-state index is 12.1. The second-order valence-corrected chi connectivity index (χ2v) is 6.69. The van der Waals surface area contributed by atoms with Gasteiger partial charge in [0.25, 0.3) is 0 Å². The first-order valence-corrected chi connectivity index (χ1v) is 9.05. The number of benzene rings is 2. The van der Waals surface area contributed by atoms with Crippen molar-refractivity contribution in [2.75, 3.05) is 30.4 Å². The molecule has 0 saturated carbocycles. The summed E-state index contributed by atoms with van der Waals surface area (Å²) in [4.78, 5) is 12.1. The molecular weight excluding hydrogens is 328 g/mol. The van der Waals surface area contributed by atoms with Crippen LogP contribution in [0, 0.1) is 13.8 Å². The molecule has 3 rings (SSSR count). The molecule has 1 aliphatic heterocycles. The smallest absolute Gasteiger partial charge is 0.243 e. The van der Waals surface area contributed by atoms with Gasteiger partial charge in [-0.05, 0) is 62.6 Å². The molecule has 0 spiro atoms. The van der Waals surface area contributed by atoms with Crippen molar-refractivity contribution in [2.45, 2.75) is 32.8 Å². The summed E-state index contributed by atoms with van der Waals surface area (Å²) in [5.74, 6) is 0.737. The lowest BCUT2D eigenvalue weighted by Crippen LogP contribution is -2.22. The van der Waals surface area contributed by atoms with E-state index in [4.69, 9.17) is 9.47 Å². The highest BCUT2D eigenvalue weighted by molar-refractivity contribution is 5.94. The van der Waals surface area contributed by atoms with Crippen LogP contribution in [0.25, 0.3) is 0 Å². The Kier molecular flexibility index (Phi) is 6.12. The fraction of sp³-hybridized carbons (Fsp3) is 0.381. The van der Waals surface area contributed by atoms with Crippen molar-refractivity contribution in [2.24, 2.45) is 0 Å². The van der Waals surface area contributed by atoms with E-state index < -0.39 is 0 Å². The first-order chi connectivity index (χ1) is 12.6. The number of hydrogen-bond acceptors (Lipinski definition) is 4. The molecule has 26 heavy (non-hydrogen) atoms. The van der Waals surface area contributed by atoms with Crippen LogP contribution in [0.1, 0.15) is 24.0 Å². The third kappa shape index (κ3) is 5.23. The molecule has 0 bridgehead atoms. The zero-order valence-corrected chi connectivity index (χ0v) is 15.4. The summed E-state index contributed by atoms with van der Waals surface area (Å²) >= 11 is 0. The summed E-state index contributed by atoms with van der Waals surface area (Å²) in [5.41, 5.74) is 3.97. The predicted molar refractivity (Wildman–Crippen MR) is 104 cm³/mol. The van der Waals surface area contributed by atoms with Crippen molar-refractivity contribution in [3.63, 3.8) is 0 Å². The number of aryl methyl sites for hydroxylation is 2. The summed E-state index contributed by atoms with van der Waals surface area (Å²) < 4.78 is 11.3. The van der Waals surface area contributed by atoms with Crippen LogP contribution >= 0.6 is 0 Å². The number of rotatable bonds is 7. The van der Waals surface area contributed by atoms with Crippen LogP contribution in [0.2, 0.25) is 0 Å². The minimum absolute atomic E-state index is 0.0735. The van der Waals surface area contributed by atoms with E-state index in [1.807, 2.05) is 50.2 Å². The van der Waals surface area contributed by atoms with Crippen molar-refractivity contribution < 1.29 is 14.3 Å². The fourth-order valence-corrected chi connectivity index (χ4v) is 2.96. The van der Waals surface area contributed by atoms with Gasteiger partial charge in [0.05, 0.1) is 12.6 Å². The van der Waals surface area contributed by atoms with E-state index in [9.17, 15) is 4.79 Å². The van der Waals surface area contributed by atoms with E-state index in [1.165, 1.54) is 5.56 Å². The molecule has 1 amide bonds. The lowest BCUT2D eigenvalue weighted by Gasteiger charge is -2.13. The van der Waals surface area contributed by atoms with Gasteiger partial charge in [-0.2, -0.15) is 0 Å². The fourth-order valence-electron chi connectivity index (χ4n) is 2.96. The summed E-state index contributed by atoms with van der Waals surface area (Å²) in [7, 11) is 0. The minimum atomic E-state index is -0.0735. The lowest BCUT2D eigenvalue weighted by molar-refractivity contribution is -0.114. The highest BCUT2D eigenvalue weighted by atomic mass is 16.5. The zero-order valence-electron chi connectivity index (χ0n) is 15.4. The Morgan fingerprint density at radius 3 is 2.69 bits per heavy atom. The van der Waals surface area contributed by atoms with Gasteiger partial charge in [0.2, 0.25) is 5.91 Å². The number of amides is 1. The Morgan fingerprint density at radius 1 is 1.19 bits per heavy atom. The van der Waals surface area contributed by atoms with Crippen molar-refractivity contribution in [3.05, 3.63) is 53.6 Å². The summed E-state index contributed by atoms with van der Waals surface area (Å²) in [6.45, 7) is 5.66.